The van der Waals surface area contributed by atoms with Gasteiger partial charge in [-0.3, -0.25) is 9.69 Å². The minimum atomic E-state index is -0.648. The van der Waals surface area contributed by atoms with E-state index in [2.05, 4.69) is 15.2 Å². The predicted octanol–water partition coefficient (Wildman–Crippen LogP) is 4.77. The summed E-state index contributed by atoms with van der Waals surface area (Å²) in [6.07, 6.45) is 0.593. The molecule has 3 aromatic rings. The summed E-state index contributed by atoms with van der Waals surface area (Å²) in [6.45, 7) is 4.96. The Kier molecular flexibility index (Phi) is 7.02. The van der Waals surface area contributed by atoms with E-state index < -0.39 is 12.1 Å². The Bertz CT molecular complexity index is 1060. The molecule has 168 valence electrons. The van der Waals surface area contributed by atoms with Crippen molar-refractivity contribution in [2.75, 3.05) is 31.6 Å². The molecule has 1 aliphatic heterocycles. The van der Waals surface area contributed by atoms with Crippen molar-refractivity contribution >= 4 is 28.1 Å². The van der Waals surface area contributed by atoms with E-state index in [1.165, 1.54) is 11.3 Å². The van der Waals surface area contributed by atoms with Gasteiger partial charge in [0.15, 0.2) is 5.13 Å². The third-order valence-corrected chi connectivity index (χ3v) is 6.37. The molecule has 1 aliphatic rings. The number of hydrogen-bond acceptors (Lipinski definition) is 6. The van der Waals surface area contributed by atoms with Crippen LogP contribution in [0.5, 0.6) is 5.75 Å². The molecule has 0 atom stereocenters. The largest absolute Gasteiger partial charge is 0.492 e. The van der Waals surface area contributed by atoms with Crippen LogP contribution >= 0.6 is 11.3 Å². The van der Waals surface area contributed by atoms with Crippen LogP contribution in [0, 0.1) is 6.92 Å². The third kappa shape index (κ3) is 5.63. The number of ether oxygens (including phenoxy) is 1. The first-order valence-electron chi connectivity index (χ1n) is 10.7. The van der Waals surface area contributed by atoms with Crippen LogP contribution in [0.2, 0.25) is 0 Å². The third-order valence-electron chi connectivity index (χ3n) is 5.61. The fourth-order valence-corrected chi connectivity index (χ4v) is 4.36. The summed E-state index contributed by atoms with van der Waals surface area (Å²) in [7, 11) is 0. The molecule has 0 unspecified atom stereocenters. The SMILES string of the molecule is Cc1ccc(C(N)=O)cc1Nc1nc(-c2ccc(OCCN3CCC(F)CC3)cc2)cs1. The molecular formula is C24H27FN4O2S. The fourth-order valence-electron chi connectivity index (χ4n) is 3.63. The number of benzene rings is 2. The fraction of sp³-hybridized carbons (Fsp3) is 0.333. The van der Waals surface area contributed by atoms with Gasteiger partial charge in [-0.2, -0.15) is 0 Å². The molecule has 0 aliphatic carbocycles. The predicted molar refractivity (Wildman–Crippen MR) is 127 cm³/mol. The molecule has 32 heavy (non-hydrogen) atoms. The van der Waals surface area contributed by atoms with E-state index in [0.29, 0.717) is 25.0 Å². The van der Waals surface area contributed by atoms with Gasteiger partial charge in [0.05, 0.1) is 5.69 Å². The molecule has 0 radical (unpaired) electrons. The number of likely N-dealkylation sites (tertiary alicyclic amines) is 1. The minimum Gasteiger partial charge on any atom is -0.492 e. The number of carbonyl (C=O) groups excluding carboxylic acids is 1. The number of aromatic nitrogens is 1. The molecule has 1 saturated heterocycles. The normalized spacial score (nSPS) is 14.9. The Hall–Kier alpha value is -2.97. The summed E-state index contributed by atoms with van der Waals surface area (Å²) in [4.78, 5) is 18.4. The van der Waals surface area contributed by atoms with Gasteiger partial charge in [-0.05, 0) is 61.7 Å². The number of rotatable bonds is 8. The number of carbonyl (C=O) groups is 1. The molecule has 3 N–H and O–H groups in total. The van der Waals surface area contributed by atoms with Crippen LogP contribution in [0.15, 0.2) is 47.8 Å². The van der Waals surface area contributed by atoms with Crippen molar-refractivity contribution in [1.82, 2.24) is 9.88 Å². The van der Waals surface area contributed by atoms with E-state index >= 15 is 0 Å². The molecule has 8 heteroatoms. The number of aryl methyl sites for hydroxylation is 1. The van der Waals surface area contributed by atoms with E-state index in [-0.39, 0.29) is 0 Å². The number of halogens is 1. The molecule has 0 spiro atoms. The molecule has 4 rings (SSSR count). The van der Waals surface area contributed by atoms with Crippen molar-refractivity contribution in [3.63, 3.8) is 0 Å². The van der Waals surface area contributed by atoms with Crippen molar-refractivity contribution in [3.05, 3.63) is 59.0 Å². The number of nitrogens with one attached hydrogen (secondary N) is 1. The highest BCUT2D eigenvalue weighted by molar-refractivity contribution is 7.14. The molecule has 0 saturated carbocycles. The van der Waals surface area contributed by atoms with E-state index in [0.717, 1.165) is 53.0 Å². The van der Waals surface area contributed by atoms with Crippen molar-refractivity contribution in [2.24, 2.45) is 5.73 Å². The topological polar surface area (TPSA) is 80.5 Å². The number of alkyl halides is 1. The van der Waals surface area contributed by atoms with E-state index in [4.69, 9.17) is 10.5 Å². The molecule has 1 amide bonds. The van der Waals surface area contributed by atoms with Crippen LogP contribution in [0.4, 0.5) is 15.2 Å². The first kappa shape index (κ1) is 22.2. The molecule has 1 aromatic heterocycles. The summed E-state index contributed by atoms with van der Waals surface area (Å²) < 4.78 is 19.1. The average Bonchev–Trinajstić information content (AvgIpc) is 3.25. The first-order chi connectivity index (χ1) is 15.5. The zero-order chi connectivity index (χ0) is 22.5. The van der Waals surface area contributed by atoms with Crippen LogP contribution in [-0.4, -0.2) is 48.2 Å². The Morgan fingerprint density at radius 2 is 2.00 bits per heavy atom. The maximum absolute atomic E-state index is 13.2. The van der Waals surface area contributed by atoms with Crippen LogP contribution in [0.1, 0.15) is 28.8 Å². The number of amides is 1. The van der Waals surface area contributed by atoms with Gasteiger partial charge in [-0.1, -0.05) is 6.07 Å². The van der Waals surface area contributed by atoms with Crippen LogP contribution in [0.25, 0.3) is 11.3 Å². The second kappa shape index (κ2) is 10.1. The van der Waals surface area contributed by atoms with Gasteiger partial charge in [0.2, 0.25) is 5.91 Å². The summed E-state index contributed by atoms with van der Waals surface area (Å²) in [5, 5.41) is 6.00. The summed E-state index contributed by atoms with van der Waals surface area (Å²) >= 11 is 1.49. The van der Waals surface area contributed by atoms with Gasteiger partial charge in [0.1, 0.15) is 18.5 Å². The average molecular weight is 455 g/mol. The number of primary amides is 1. The summed E-state index contributed by atoms with van der Waals surface area (Å²) in [5.74, 6) is 0.348. The number of nitrogens with two attached hydrogens (primary N) is 1. The van der Waals surface area contributed by atoms with Crippen molar-refractivity contribution < 1.29 is 13.9 Å². The zero-order valence-corrected chi connectivity index (χ0v) is 18.8. The van der Waals surface area contributed by atoms with E-state index in [1.54, 1.807) is 12.1 Å². The van der Waals surface area contributed by atoms with Gasteiger partial charge in [-0.15, -0.1) is 11.3 Å². The standard InChI is InChI=1S/C24H27FN4O2S/c1-16-2-3-18(23(26)30)14-21(16)27-24-28-22(15-32-24)17-4-6-20(7-5-17)31-13-12-29-10-8-19(25)9-11-29/h2-7,14-15,19H,8-13H2,1H3,(H2,26,30)(H,27,28). The van der Waals surface area contributed by atoms with Gasteiger partial charge in [0.25, 0.3) is 0 Å². The highest BCUT2D eigenvalue weighted by Gasteiger charge is 2.17. The quantitative estimate of drug-likeness (QED) is 0.512. The van der Waals surface area contributed by atoms with Crippen molar-refractivity contribution in [2.45, 2.75) is 25.9 Å². The van der Waals surface area contributed by atoms with Gasteiger partial charge >= 0.3 is 0 Å². The molecule has 2 aromatic carbocycles. The lowest BCUT2D eigenvalue weighted by atomic mass is 10.1. The number of piperidine rings is 1. The van der Waals surface area contributed by atoms with Crippen LogP contribution < -0.4 is 15.8 Å². The minimum absolute atomic E-state index is 0.456. The van der Waals surface area contributed by atoms with Crippen molar-refractivity contribution in [3.8, 4) is 17.0 Å². The van der Waals surface area contributed by atoms with E-state index in [9.17, 15) is 9.18 Å². The van der Waals surface area contributed by atoms with E-state index in [1.807, 2.05) is 42.6 Å². The maximum Gasteiger partial charge on any atom is 0.248 e. The van der Waals surface area contributed by atoms with Crippen LogP contribution in [0.3, 0.4) is 0 Å². The second-order valence-corrected chi connectivity index (χ2v) is 8.80. The number of thiazole rings is 1. The summed E-state index contributed by atoms with van der Waals surface area (Å²) in [6, 6.07) is 13.2. The lowest BCUT2D eigenvalue weighted by molar-refractivity contribution is 0.100. The molecule has 1 fully saturated rings. The molecular weight excluding hydrogens is 427 g/mol. The number of anilines is 2. The highest BCUT2D eigenvalue weighted by atomic mass is 32.1. The Balaban J connectivity index is 1.33. The monoisotopic (exact) mass is 454 g/mol. The maximum atomic E-state index is 13.2. The van der Waals surface area contributed by atoms with Gasteiger partial charge < -0.3 is 15.8 Å². The number of hydrogen-bond donors (Lipinski definition) is 2. The lowest BCUT2D eigenvalue weighted by Crippen LogP contribution is -2.37. The van der Waals surface area contributed by atoms with Crippen molar-refractivity contribution in [1.29, 1.82) is 0 Å². The molecule has 6 nitrogen and oxygen atoms in total. The number of nitrogens with zero attached hydrogens (tertiary/aromatic N) is 2. The Morgan fingerprint density at radius 3 is 2.72 bits per heavy atom. The molecule has 0 bridgehead atoms. The second-order valence-electron chi connectivity index (χ2n) is 7.95. The highest BCUT2D eigenvalue weighted by Crippen LogP contribution is 2.29. The smallest absolute Gasteiger partial charge is 0.248 e. The van der Waals surface area contributed by atoms with Gasteiger partial charge in [-0.25, -0.2) is 9.37 Å². The lowest BCUT2D eigenvalue weighted by Gasteiger charge is -2.28. The Labute approximate surface area is 191 Å². The first-order valence-corrected chi connectivity index (χ1v) is 11.6. The van der Waals surface area contributed by atoms with Gasteiger partial charge in [0, 0.05) is 41.8 Å². The zero-order valence-electron chi connectivity index (χ0n) is 18.0. The molecule has 2 heterocycles. The summed E-state index contributed by atoms with van der Waals surface area (Å²) in [5.41, 5.74) is 9.51. The Morgan fingerprint density at radius 1 is 1.25 bits per heavy atom. The van der Waals surface area contributed by atoms with Crippen LogP contribution in [-0.2, 0) is 0 Å².